The van der Waals surface area contributed by atoms with E-state index in [4.69, 9.17) is 4.98 Å². The van der Waals surface area contributed by atoms with Gasteiger partial charge >= 0.3 is 0 Å². The molecule has 1 fully saturated rings. The number of amides is 1. The molecule has 0 aliphatic carbocycles. The standard InChI is InChI=1S/C24H24N6O/c1-17-14-18-6-2-3-8-20(18)30(17)16-24(31)29-13-5-9-21(29)19-7-4-10-22(27-19)28-23-15-25-11-12-26-23/h2-4,6-8,10-12,14-15,21H,5,9,13,16H2,1H3,(H,26,27,28)/t21-/m0/s1. The summed E-state index contributed by atoms with van der Waals surface area (Å²) in [4.78, 5) is 28.4. The van der Waals surface area contributed by atoms with Gasteiger partial charge < -0.3 is 14.8 Å². The number of fused-ring (bicyclic) bond motifs is 1. The van der Waals surface area contributed by atoms with Crippen LogP contribution in [0.15, 0.2) is 67.1 Å². The summed E-state index contributed by atoms with van der Waals surface area (Å²) in [6.45, 7) is 3.15. The normalized spacial score (nSPS) is 16.0. The third kappa shape index (κ3) is 3.86. The highest BCUT2D eigenvalue weighted by Gasteiger charge is 2.31. The molecule has 0 saturated carbocycles. The van der Waals surface area contributed by atoms with Crippen LogP contribution in [0.4, 0.5) is 11.6 Å². The number of aromatic nitrogens is 4. The SMILES string of the molecule is Cc1cc2ccccc2n1CC(=O)N1CCC[C@H]1c1cccc(Nc2cnccn2)n1. The molecule has 0 unspecified atom stereocenters. The molecule has 1 N–H and O–H groups in total. The molecular weight excluding hydrogens is 388 g/mol. The first-order valence-corrected chi connectivity index (χ1v) is 10.5. The van der Waals surface area contributed by atoms with E-state index in [1.54, 1.807) is 18.6 Å². The minimum Gasteiger partial charge on any atom is -0.335 e. The van der Waals surface area contributed by atoms with Gasteiger partial charge in [0.1, 0.15) is 18.2 Å². The van der Waals surface area contributed by atoms with Crippen LogP contribution in [-0.4, -0.2) is 36.9 Å². The maximum absolute atomic E-state index is 13.3. The number of rotatable bonds is 5. The number of carbonyl (C=O) groups excluding carboxylic acids is 1. The molecule has 1 aliphatic rings. The lowest BCUT2D eigenvalue weighted by Crippen LogP contribution is -2.34. The number of nitrogens with zero attached hydrogens (tertiary/aromatic N) is 5. The number of anilines is 2. The van der Waals surface area contributed by atoms with Gasteiger partial charge in [0.05, 0.1) is 17.9 Å². The van der Waals surface area contributed by atoms with E-state index in [1.165, 1.54) is 0 Å². The number of hydrogen-bond acceptors (Lipinski definition) is 5. The van der Waals surface area contributed by atoms with Crippen LogP contribution in [0.5, 0.6) is 0 Å². The van der Waals surface area contributed by atoms with E-state index in [0.29, 0.717) is 18.2 Å². The third-order valence-electron chi connectivity index (χ3n) is 5.82. The number of nitrogens with one attached hydrogen (secondary N) is 1. The number of para-hydroxylation sites is 1. The fourth-order valence-corrected chi connectivity index (χ4v) is 4.36. The van der Waals surface area contributed by atoms with Gasteiger partial charge in [-0.05, 0) is 49.4 Å². The van der Waals surface area contributed by atoms with Crippen molar-refractivity contribution in [1.82, 2.24) is 24.4 Å². The van der Waals surface area contributed by atoms with E-state index in [-0.39, 0.29) is 11.9 Å². The average molecular weight is 412 g/mol. The summed E-state index contributed by atoms with van der Waals surface area (Å²) in [6.07, 6.45) is 6.82. The molecule has 156 valence electrons. The molecule has 0 spiro atoms. The molecule has 4 aromatic rings. The van der Waals surface area contributed by atoms with Crippen LogP contribution in [0, 0.1) is 6.92 Å². The zero-order valence-corrected chi connectivity index (χ0v) is 17.4. The Morgan fingerprint density at radius 2 is 2.03 bits per heavy atom. The first kappa shape index (κ1) is 19.2. The molecule has 1 aliphatic heterocycles. The Hall–Kier alpha value is -3.74. The molecule has 7 heteroatoms. The van der Waals surface area contributed by atoms with Crippen molar-refractivity contribution in [3.63, 3.8) is 0 Å². The fraction of sp³-hybridized carbons (Fsp3) is 0.250. The van der Waals surface area contributed by atoms with Gasteiger partial charge in [0, 0.05) is 30.1 Å². The Labute approximate surface area is 180 Å². The van der Waals surface area contributed by atoms with Crippen molar-refractivity contribution in [2.45, 2.75) is 32.4 Å². The number of likely N-dealkylation sites (tertiary alicyclic amines) is 1. The summed E-state index contributed by atoms with van der Waals surface area (Å²) in [7, 11) is 0. The van der Waals surface area contributed by atoms with Crippen molar-refractivity contribution >= 4 is 28.4 Å². The molecule has 5 rings (SSSR count). The highest BCUT2D eigenvalue weighted by molar-refractivity contribution is 5.84. The van der Waals surface area contributed by atoms with E-state index < -0.39 is 0 Å². The van der Waals surface area contributed by atoms with Crippen LogP contribution >= 0.6 is 0 Å². The predicted molar refractivity (Wildman–Crippen MR) is 120 cm³/mol. The second kappa shape index (κ2) is 8.18. The van der Waals surface area contributed by atoms with Gasteiger partial charge in [0.2, 0.25) is 5.91 Å². The largest absolute Gasteiger partial charge is 0.335 e. The molecule has 3 aromatic heterocycles. The van der Waals surface area contributed by atoms with Crippen LogP contribution in [0.3, 0.4) is 0 Å². The Balaban J connectivity index is 1.36. The monoisotopic (exact) mass is 412 g/mol. The highest BCUT2D eigenvalue weighted by Crippen LogP contribution is 2.32. The lowest BCUT2D eigenvalue weighted by molar-refractivity contribution is -0.132. The Morgan fingerprint density at radius 3 is 2.90 bits per heavy atom. The third-order valence-corrected chi connectivity index (χ3v) is 5.82. The number of carbonyl (C=O) groups is 1. The zero-order chi connectivity index (χ0) is 21.2. The van der Waals surface area contributed by atoms with Crippen LogP contribution in [0.25, 0.3) is 10.9 Å². The second-order valence-electron chi connectivity index (χ2n) is 7.84. The van der Waals surface area contributed by atoms with Crippen LogP contribution < -0.4 is 5.32 Å². The van der Waals surface area contributed by atoms with Crippen LogP contribution in [-0.2, 0) is 11.3 Å². The summed E-state index contributed by atoms with van der Waals surface area (Å²) in [6, 6.07) is 16.2. The number of benzene rings is 1. The lowest BCUT2D eigenvalue weighted by atomic mass is 10.1. The quantitative estimate of drug-likeness (QED) is 0.531. The topological polar surface area (TPSA) is 75.9 Å². The molecule has 7 nitrogen and oxygen atoms in total. The van der Waals surface area contributed by atoms with Crippen molar-refractivity contribution in [2.24, 2.45) is 0 Å². The van der Waals surface area contributed by atoms with Gasteiger partial charge in [0.25, 0.3) is 0 Å². The van der Waals surface area contributed by atoms with Crippen LogP contribution in [0.2, 0.25) is 0 Å². The zero-order valence-electron chi connectivity index (χ0n) is 17.4. The predicted octanol–water partition coefficient (Wildman–Crippen LogP) is 4.24. The van der Waals surface area contributed by atoms with Gasteiger partial charge in [-0.3, -0.25) is 9.78 Å². The van der Waals surface area contributed by atoms with Crippen molar-refractivity contribution in [1.29, 1.82) is 0 Å². The highest BCUT2D eigenvalue weighted by atomic mass is 16.2. The molecule has 4 heterocycles. The maximum Gasteiger partial charge on any atom is 0.243 e. The van der Waals surface area contributed by atoms with Gasteiger partial charge in [-0.1, -0.05) is 24.3 Å². The summed E-state index contributed by atoms with van der Waals surface area (Å²) in [5.41, 5.74) is 3.09. The van der Waals surface area contributed by atoms with Gasteiger partial charge in [-0.15, -0.1) is 0 Å². The summed E-state index contributed by atoms with van der Waals surface area (Å²) < 4.78 is 2.10. The summed E-state index contributed by atoms with van der Waals surface area (Å²) in [5, 5.41) is 4.35. The van der Waals surface area contributed by atoms with Gasteiger partial charge in [-0.25, -0.2) is 9.97 Å². The minimum absolute atomic E-state index is 0.0155. The molecule has 1 amide bonds. The van der Waals surface area contributed by atoms with Crippen molar-refractivity contribution < 1.29 is 4.79 Å². The van der Waals surface area contributed by atoms with E-state index in [0.717, 1.165) is 41.7 Å². The van der Waals surface area contributed by atoms with Gasteiger partial charge in [-0.2, -0.15) is 0 Å². The molecule has 1 saturated heterocycles. The molecule has 0 bridgehead atoms. The molecule has 1 aromatic carbocycles. The number of pyridine rings is 1. The van der Waals surface area contributed by atoms with Crippen molar-refractivity contribution in [3.05, 3.63) is 78.5 Å². The van der Waals surface area contributed by atoms with Crippen molar-refractivity contribution in [2.75, 3.05) is 11.9 Å². The fourth-order valence-electron chi connectivity index (χ4n) is 4.36. The molecule has 1 atom stereocenters. The molecule has 31 heavy (non-hydrogen) atoms. The average Bonchev–Trinajstić information content (AvgIpc) is 3.40. The Morgan fingerprint density at radius 1 is 1.13 bits per heavy atom. The molecule has 0 radical (unpaired) electrons. The smallest absolute Gasteiger partial charge is 0.243 e. The Kier molecular flexibility index (Phi) is 5.08. The minimum atomic E-state index is -0.0155. The number of aryl methyl sites for hydroxylation is 1. The lowest BCUT2D eigenvalue weighted by Gasteiger charge is -2.25. The first-order valence-electron chi connectivity index (χ1n) is 10.5. The van der Waals surface area contributed by atoms with E-state index in [1.807, 2.05) is 35.2 Å². The second-order valence-corrected chi connectivity index (χ2v) is 7.84. The first-order chi connectivity index (χ1) is 15.2. The van der Waals surface area contributed by atoms with E-state index in [9.17, 15) is 4.79 Å². The van der Waals surface area contributed by atoms with E-state index >= 15 is 0 Å². The summed E-state index contributed by atoms with van der Waals surface area (Å²) >= 11 is 0. The Bertz CT molecular complexity index is 1220. The number of hydrogen-bond donors (Lipinski definition) is 1. The van der Waals surface area contributed by atoms with E-state index in [2.05, 4.69) is 45.0 Å². The maximum atomic E-state index is 13.3. The van der Waals surface area contributed by atoms with Crippen LogP contribution in [0.1, 0.15) is 30.3 Å². The summed E-state index contributed by atoms with van der Waals surface area (Å²) in [5.74, 6) is 1.46. The molecular formula is C24H24N6O. The van der Waals surface area contributed by atoms with Gasteiger partial charge in [0.15, 0.2) is 0 Å². The van der Waals surface area contributed by atoms with Crippen molar-refractivity contribution in [3.8, 4) is 0 Å².